The normalized spacial score (nSPS) is 27.6. The number of anilines is 2. The lowest BCUT2D eigenvalue weighted by atomic mass is 9.96. The van der Waals surface area contributed by atoms with Gasteiger partial charge in [0.2, 0.25) is 0 Å². The van der Waals surface area contributed by atoms with E-state index in [0.717, 1.165) is 29.9 Å². The Bertz CT molecular complexity index is 912. The summed E-state index contributed by atoms with van der Waals surface area (Å²) in [5.41, 5.74) is 5.54. The molecule has 2 fully saturated rings. The van der Waals surface area contributed by atoms with Crippen molar-refractivity contribution in [2.75, 3.05) is 16.8 Å². The number of halogens is 4. The van der Waals surface area contributed by atoms with E-state index in [1.54, 1.807) is 0 Å². The van der Waals surface area contributed by atoms with E-state index in [-0.39, 0.29) is 42.5 Å². The Morgan fingerprint density at radius 1 is 1.22 bits per heavy atom. The van der Waals surface area contributed by atoms with Crippen LogP contribution in [0.4, 0.5) is 28.9 Å². The third-order valence-corrected chi connectivity index (χ3v) is 6.40. The number of rotatable bonds is 2. The molecule has 0 spiro atoms. The molecule has 3 N–H and O–H groups in total. The zero-order chi connectivity index (χ0) is 19.6. The molecule has 27 heavy (non-hydrogen) atoms. The van der Waals surface area contributed by atoms with Crippen molar-refractivity contribution in [1.82, 2.24) is 0 Å². The number of nitrogens with one attached hydrogen (secondary N) is 1. The highest BCUT2D eigenvalue weighted by Gasteiger charge is 2.48. The fraction of sp³-hybridized carbons (Fsp3) is 0.562. The van der Waals surface area contributed by atoms with Crippen LogP contribution in [0.25, 0.3) is 0 Å². The van der Waals surface area contributed by atoms with Gasteiger partial charge in [-0.2, -0.15) is 21.6 Å². The summed E-state index contributed by atoms with van der Waals surface area (Å²) < 4.78 is 83.6. The van der Waals surface area contributed by atoms with Gasteiger partial charge in [0.1, 0.15) is 22.6 Å². The van der Waals surface area contributed by atoms with Crippen LogP contribution in [0.2, 0.25) is 0 Å². The molecule has 0 radical (unpaired) electrons. The molecule has 0 amide bonds. The van der Waals surface area contributed by atoms with Crippen molar-refractivity contribution in [3.8, 4) is 0 Å². The van der Waals surface area contributed by atoms with Crippen LogP contribution in [-0.4, -0.2) is 39.1 Å². The first-order valence-corrected chi connectivity index (χ1v) is 10.0. The predicted octanol–water partition coefficient (Wildman–Crippen LogP) is 2.61. The molecule has 0 unspecified atom stereocenters. The number of sulfonamides is 1. The summed E-state index contributed by atoms with van der Waals surface area (Å²) in [5, 5.41) is 2.85. The van der Waals surface area contributed by atoms with Crippen LogP contribution in [0, 0.1) is 11.7 Å². The van der Waals surface area contributed by atoms with Crippen LogP contribution in [0.15, 0.2) is 21.4 Å². The van der Waals surface area contributed by atoms with Crippen molar-refractivity contribution in [1.29, 1.82) is 0 Å². The smallest absolute Gasteiger partial charge is 0.358 e. The van der Waals surface area contributed by atoms with Crippen LogP contribution < -0.4 is 16.0 Å². The van der Waals surface area contributed by atoms with Gasteiger partial charge in [0, 0.05) is 18.5 Å². The third-order valence-electron chi connectivity index (χ3n) is 5.09. The van der Waals surface area contributed by atoms with Crippen molar-refractivity contribution >= 4 is 27.2 Å². The number of benzene rings is 1. The summed E-state index contributed by atoms with van der Waals surface area (Å²) in [6.45, 7) is -0.0567. The monoisotopic (exact) mass is 406 g/mol. The van der Waals surface area contributed by atoms with Crippen LogP contribution in [0.1, 0.15) is 25.7 Å². The van der Waals surface area contributed by atoms with Gasteiger partial charge in [-0.05, 0) is 37.8 Å². The predicted molar refractivity (Wildman–Crippen MR) is 91.8 cm³/mol. The quantitative estimate of drug-likeness (QED) is 0.738. The first kappa shape index (κ1) is 18.5. The number of nitrogens with zero attached hydrogens (tertiary/aromatic N) is 2. The van der Waals surface area contributed by atoms with Crippen molar-refractivity contribution < 1.29 is 26.0 Å². The fourth-order valence-corrected chi connectivity index (χ4v) is 4.80. The minimum absolute atomic E-state index is 0.0435. The summed E-state index contributed by atoms with van der Waals surface area (Å²) in [6.07, 6.45) is -3.15. The summed E-state index contributed by atoms with van der Waals surface area (Å²) in [5.74, 6) is -0.804. The Morgan fingerprint density at radius 3 is 2.56 bits per heavy atom. The van der Waals surface area contributed by atoms with E-state index in [1.807, 2.05) is 0 Å². The highest BCUT2D eigenvalue weighted by Crippen LogP contribution is 2.44. The van der Waals surface area contributed by atoms with Crippen LogP contribution >= 0.6 is 0 Å². The molecule has 0 bridgehead atoms. The summed E-state index contributed by atoms with van der Waals surface area (Å²) in [6, 6.07) is -0.822. The second kappa shape index (κ2) is 6.06. The highest BCUT2D eigenvalue weighted by atomic mass is 32.2. The number of alkyl halides is 3. The molecule has 1 saturated heterocycles. The fourth-order valence-electron chi connectivity index (χ4n) is 3.58. The number of hydrogen-bond acceptors (Lipinski definition) is 5. The minimum Gasteiger partial charge on any atom is -0.358 e. The maximum atomic E-state index is 14.1. The highest BCUT2D eigenvalue weighted by molar-refractivity contribution is 7.90. The maximum Gasteiger partial charge on any atom is 0.408 e. The molecule has 1 aromatic carbocycles. The van der Waals surface area contributed by atoms with E-state index in [1.165, 1.54) is 0 Å². The molecule has 3 aliphatic rings. The Hall–Kier alpha value is -1.88. The Kier molecular flexibility index (Phi) is 4.15. The van der Waals surface area contributed by atoms with E-state index >= 15 is 0 Å². The molecule has 4 rings (SSSR count). The lowest BCUT2D eigenvalue weighted by Gasteiger charge is -2.42. The maximum absolute atomic E-state index is 14.1. The Morgan fingerprint density at radius 2 is 1.93 bits per heavy atom. The molecule has 1 saturated carbocycles. The molecular formula is C16H18F4N4O2S. The van der Waals surface area contributed by atoms with Gasteiger partial charge in [0.05, 0.1) is 11.4 Å². The first-order valence-electron chi connectivity index (χ1n) is 8.60. The van der Waals surface area contributed by atoms with E-state index in [0.29, 0.717) is 0 Å². The molecule has 2 heterocycles. The summed E-state index contributed by atoms with van der Waals surface area (Å²) in [4.78, 5) is 0.557. The van der Waals surface area contributed by atoms with E-state index in [4.69, 9.17) is 5.73 Å². The third kappa shape index (κ3) is 3.38. The molecule has 1 aliphatic carbocycles. The molecule has 148 valence electrons. The van der Waals surface area contributed by atoms with E-state index in [9.17, 15) is 26.0 Å². The van der Waals surface area contributed by atoms with Crippen LogP contribution in [0.5, 0.6) is 0 Å². The van der Waals surface area contributed by atoms with Crippen LogP contribution in [0.3, 0.4) is 0 Å². The standard InChI is InChI=1S/C16H18F4N4O2S/c17-9-5-11(24-4-3-10(21)7-13(24)16(18,19)20)14-12(6-9)27(25,26)23-15(22-14)8-1-2-8/h5-6,8,10,13H,1-4,7,21H2,(H,22,23)/t10-,13+/m1/s1. The van der Waals surface area contributed by atoms with Gasteiger partial charge in [0.15, 0.2) is 0 Å². The molecule has 6 nitrogen and oxygen atoms in total. The molecular weight excluding hydrogens is 388 g/mol. The number of nitrogens with two attached hydrogens (primary N) is 1. The molecule has 11 heteroatoms. The van der Waals surface area contributed by atoms with E-state index in [2.05, 4.69) is 9.71 Å². The summed E-state index contributed by atoms with van der Waals surface area (Å²) in [7, 11) is -4.19. The van der Waals surface area contributed by atoms with Gasteiger partial charge in [-0.1, -0.05) is 0 Å². The van der Waals surface area contributed by atoms with Crippen LogP contribution in [-0.2, 0) is 10.0 Å². The van der Waals surface area contributed by atoms with Gasteiger partial charge >= 0.3 is 6.18 Å². The van der Waals surface area contributed by atoms with Crippen molar-refractivity contribution in [3.63, 3.8) is 0 Å². The molecule has 2 atom stereocenters. The number of amidine groups is 1. The molecule has 2 aliphatic heterocycles. The lowest BCUT2D eigenvalue weighted by molar-refractivity contribution is -0.153. The zero-order valence-electron chi connectivity index (χ0n) is 14.1. The number of hydrogen-bond donors (Lipinski definition) is 2. The van der Waals surface area contributed by atoms with Gasteiger partial charge in [-0.15, -0.1) is 4.40 Å². The van der Waals surface area contributed by atoms with Gasteiger partial charge in [0.25, 0.3) is 10.0 Å². The van der Waals surface area contributed by atoms with Crippen molar-refractivity contribution in [3.05, 3.63) is 17.9 Å². The molecule has 1 aromatic rings. The minimum atomic E-state index is -4.59. The second-order valence-electron chi connectivity index (χ2n) is 7.18. The summed E-state index contributed by atoms with van der Waals surface area (Å²) >= 11 is 0. The SMILES string of the molecule is N[C@@H]1CCN(c2cc(F)cc3c2NC(C2CC2)=NS3(=O)=O)[C@H](C(F)(F)F)C1. The average Bonchev–Trinajstić information content (AvgIpc) is 3.38. The largest absolute Gasteiger partial charge is 0.408 e. The lowest BCUT2D eigenvalue weighted by Crippen LogP contribution is -2.54. The number of piperidine rings is 1. The van der Waals surface area contributed by atoms with E-state index < -0.39 is 39.0 Å². The molecule has 0 aromatic heterocycles. The topological polar surface area (TPSA) is 87.8 Å². The number of fused-ring (bicyclic) bond motifs is 1. The first-order chi connectivity index (χ1) is 12.6. The Labute approximate surface area is 153 Å². The van der Waals surface area contributed by atoms with Gasteiger partial charge < -0.3 is 16.0 Å². The Balaban J connectivity index is 1.84. The van der Waals surface area contributed by atoms with Crippen molar-refractivity contribution in [2.24, 2.45) is 16.0 Å². The zero-order valence-corrected chi connectivity index (χ0v) is 14.9. The average molecular weight is 406 g/mol. The van der Waals surface area contributed by atoms with Crippen molar-refractivity contribution in [2.45, 2.75) is 48.8 Å². The second-order valence-corrected chi connectivity index (χ2v) is 8.76. The van der Waals surface area contributed by atoms with Gasteiger partial charge in [-0.3, -0.25) is 0 Å². The van der Waals surface area contributed by atoms with Gasteiger partial charge in [-0.25, -0.2) is 4.39 Å².